The van der Waals surface area contributed by atoms with Crippen LogP contribution in [0, 0.1) is 13.7 Å². The van der Waals surface area contributed by atoms with Crippen molar-refractivity contribution in [3.8, 4) is 0 Å². The van der Waals surface area contributed by atoms with E-state index < -0.39 is 0 Å². The van der Waals surface area contributed by atoms with Gasteiger partial charge in [0, 0.05) is 24.8 Å². The predicted octanol–water partition coefficient (Wildman–Crippen LogP) is 3.59. The molecule has 0 amide bonds. The molecular formula is C14H19IN2O3. The van der Waals surface area contributed by atoms with Crippen LogP contribution in [0.25, 0.3) is 0 Å². The lowest BCUT2D eigenvalue weighted by Gasteiger charge is -2.48. The van der Waals surface area contributed by atoms with E-state index in [9.17, 15) is 10.1 Å². The molecule has 1 aliphatic heterocycles. The van der Waals surface area contributed by atoms with Gasteiger partial charge in [0.15, 0.2) is 0 Å². The number of rotatable bonds is 2. The number of nitro groups is 1. The molecular weight excluding hydrogens is 371 g/mol. The van der Waals surface area contributed by atoms with Crippen molar-refractivity contribution >= 4 is 34.0 Å². The van der Waals surface area contributed by atoms with Gasteiger partial charge in [-0.1, -0.05) is 0 Å². The van der Waals surface area contributed by atoms with E-state index in [1.54, 1.807) is 6.07 Å². The van der Waals surface area contributed by atoms with Gasteiger partial charge in [-0.2, -0.15) is 0 Å². The first-order valence-electron chi connectivity index (χ1n) is 6.49. The molecule has 0 saturated carbocycles. The van der Waals surface area contributed by atoms with Crippen molar-refractivity contribution in [3.05, 3.63) is 31.9 Å². The minimum atomic E-state index is -0.348. The Morgan fingerprint density at radius 1 is 1.25 bits per heavy atom. The van der Waals surface area contributed by atoms with Crippen molar-refractivity contribution in [2.75, 3.05) is 18.0 Å². The van der Waals surface area contributed by atoms with Crippen molar-refractivity contribution in [2.24, 2.45) is 0 Å². The van der Waals surface area contributed by atoms with Gasteiger partial charge in [-0.05, 0) is 62.4 Å². The van der Waals surface area contributed by atoms with Crippen molar-refractivity contribution in [1.82, 2.24) is 0 Å². The van der Waals surface area contributed by atoms with Gasteiger partial charge < -0.3 is 9.64 Å². The summed E-state index contributed by atoms with van der Waals surface area (Å²) < 4.78 is 6.71. The second-order valence-corrected chi connectivity index (χ2v) is 7.53. The summed E-state index contributed by atoms with van der Waals surface area (Å²) in [5.74, 6) is 0. The number of anilines is 1. The second-order valence-electron chi connectivity index (χ2n) is 6.37. The van der Waals surface area contributed by atoms with Crippen LogP contribution in [-0.2, 0) is 4.74 Å². The molecule has 0 unspecified atom stereocenters. The average Bonchev–Trinajstić information content (AvgIpc) is 2.23. The Labute approximate surface area is 132 Å². The van der Waals surface area contributed by atoms with Gasteiger partial charge in [0.2, 0.25) is 0 Å². The third-order valence-corrected chi connectivity index (χ3v) is 4.05. The molecule has 1 heterocycles. The standard InChI is InChI=1S/C14H19IN2O3/c1-13(2)8-16(9-14(3,4)20-13)10-5-6-12(17(18)19)11(15)7-10/h5-7H,8-9H2,1-4H3. The first-order chi connectivity index (χ1) is 9.10. The summed E-state index contributed by atoms with van der Waals surface area (Å²) >= 11 is 2.02. The van der Waals surface area contributed by atoms with Gasteiger partial charge in [-0.15, -0.1) is 0 Å². The highest BCUT2D eigenvalue weighted by molar-refractivity contribution is 14.1. The van der Waals surface area contributed by atoms with E-state index in [1.807, 2.05) is 34.7 Å². The summed E-state index contributed by atoms with van der Waals surface area (Å²) in [5.41, 5.74) is 0.676. The Hall–Kier alpha value is -0.890. The van der Waals surface area contributed by atoms with Crippen LogP contribution < -0.4 is 4.90 Å². The van der Waals surface area contributed by atoms with Gasteiger partial charge in [-0.25, -0.2) is 0 Å². The Kier molecular flexibility index (Phi) is 3.98. The summed E-state index contributed by atoms with van der Waals surface area (Å²) in [6, 6.07) is 5.26. The Bertz CT molecular complexity index is 527. The van der Waals surface area contributed by atoms with Crippen molar-refractivity contribution in [1.29, 1.82) is 0 Å². The first kappa shape index (κ1) is 15.5. The highest BCUT2D eigenvalue weighted by Gasteiger charge is 2.38. The minimum absolute atomic E-state index is 0.154. The van der Waals surface area contributed by atoms with Crippen LogP contribution in [0.2, 0.25) is 0 Å². The number of morpholine rings is 1. The highest BCUT2D eigenvalue weighted by atomic mass is 127. The fraction of sp³-hybridized carbons (Fsp3) is 0.571. The normalized spacial score (nSPS) is 20.8. The molecule has 0 aromatic heterocycles. The number of hydrogen-bond donors (Lipinski definition) is 0. The summed E-state index contributed by atoms with van der Waals surface area (Å²) in [6.45, 7) is 9.80. The molecule has 20 heavy (non-hydrogen) atoms. The van der Waals surface area contributed by atoms with E-state index in [1.165, 1.54) is 0 Å². The van der Waals surface area contributed by atoms with E-state index in [-0.39, 0.29) is 21.8 Å². The zero-order chi connectivity index (χ0) is 15.1. The molecule has 1 aromatic carbocycles. The fourth-order valence-corrected chi connectivity index (χ4v) is 3.51. The van der Waals surface area contributed by atoms with Gasteiger partial charge in [0.05, 0.1) is 19.7 Å². The Balaban J connectivity index is 2.32. The predicted molar refractivity (Wildman–Crippen MR) is 87.3 cm³/mol. The highest BCUT2D eigenvalue weighted by Crippen LogP contribution is 2.33. The van der Waals surface area contributed by atoms with Crippen molar-refractivity contribution < 1.29 is 9.66 Å². The Morgan fingerprint density at radius 3 is 2.25 bits per heavy atom. The molecule has 1 fully saturated rings. The molecule has 1 aliphatic rings. The van der Waals surface area contributed by atoms with Gasteiger partial charge >= 0.3 is 0 Å². The number of hydrogen-bond acceptors (Lipinski definition) is 4. The van der Waals surface area contributed by atoms with Crippen LogP contribution in [0.1, 0.15) is 27.7 Å². The largest absolute Gasteiger partial charge is 0.366 e. The lowest BCUT2D eigenvalue weighted by atomic mass is 9.98. The molecule has 0 spiro atoms. The van der Waals surface area contributed by atoms with E-state index in [0.29, 0.717) is 3.57 Å². The molecule has 2 rings (SSSR count). The third kappa shape index (κ3) is 3.41. The average molecular weight is 390 g/mol. The summed E-state index contributed by atoms with van der Waals surface area (Å²) in [5, 5.41) is 10.9. The quantitative estimate of drug-likeness (QED) is 0.440. The van der Waals surface area contributed by atoms with Crippen LogP contribution in [0.3, 0.4) is 0 Å². The van der Waals surface area contributed by atoms with Crippen LogP contribution >= 0.6 is 22.6 Å². The number of halogens is 1. The molecule has 1 saturated heterocycles. The molecule has 1 aromatic rings. The Morgan fingerprint density at radius 2 is 1.80 bits per heavy atom. The number of benzene rings is 1. The molecule has 0 bridgehead atoms. The van der Waals surface area contributed by atoms with Crippen LogP contribution in [0.15, 0.2) is 18.2 Å². The third-order valence-electron chi connectivity index (χ3n) is 3.19. The van der Waals surface area contributed by atoms with Gasteiger partial charge in [0.25, 0.3) is 5.69 Å². The maximum absolute atomic E-state index is 10.9. The summed E-state index contributed by atoms with van der Waals surface area (Å²) in [6.07, 6.45) is 0. The smallest absolute Gasteiger partial charge is 0.282 e. The number of ether oxygens (including phenoxy) is 1. The van der Waals surface area contributed by atoms with Crippen molar-refractivity contribution in [2.45, 2.75) is 38.9 Å². The first-order valence-corrected chi connectivity index (χ1v) is 7.57. The second kappa shape index (κ2) is 5.14. The molecule has 110 valence electrons. The summed E-state index contributed by atoms with van der Waals surface area (Å²) in [4.78, 5) is 12.8. The van der Waals surface area contributed by atoms with Crippen molar-refractivity contribution in [3.63, 3.8) is 0 Å². The maximum atomic E-state index is 10.9. The van der Waals surface area contributed by atoms with Gasteiger partial charge in [-0.3, -0.25) is 10.1 Å². The molecule has 0 N–H and O–H groups in total. The topological polar surface area (TPSA) is 55.6 Å². The van der Waals surface area contributed by atoms with E-state index in [2.05, 4.69) is 32.6 Å². The zero-order valence-electron chi connectivity index (χ0n) is 12.1. The molecule has 0 atom stereocenters. The molecule has 6 heteroatoms. The lowest BCUT2D eigenvalue weighted by molar-refractivity contribution is -0.385. The molecule has 5 nitrogen and oxygen atoms in total. The zero-order valence-corrected chi connectivity index (χ0v) is 14.3. The summed E-state index contributed by atoms with van der Waals surface area (Å²) in [7, 11) is 0. The van der Waals surface area contributed by atoms with E-state index in [0.717, 1.165) is 18.8 Å². The van der Waals surface area contributed by atoms with Crippen LogP contribution in [-0.4, -0.2) is 29.2 Å². The van der Waals surface area contributed by atoms with Gasteiger partial charge in [0.1, 0.15) is 0 Å². The fourth-order valence-electron chi connectivity index (χ4n) is 2.81. The number of nitro benzene ring substituents is 1. The lowest BCUT2D eigenvalue weighted by Crippen LogP contribution is -2.57. The maximum Gasteiger partial charge on any atom is 0.282 e. The van der Waals surface area contributed by atoms with Crippen LogP contribution in [0.5, 0.6) is 0 Å². The molecule has 0 radical (unpaired) electrons. The van der Waals surface area contributed by atoms with E-state index >= 15 is 0 Å². The van der Waals surface area contributed by atoms with Crippen LogP contribution in [0.4, 0.5) is 11.4 Å². The van der Waals surface area contributed by atoms with E-state index in [4.69, 9.17) is 4.74 Å². The molecule has 0 aliphatic carbocycles. The minimum Gasteiger partial charge on any atom is -0.366 e. The number of nitrogens with zero attached hydrogens (tertiary/aromatic N) is 2. The monoisotopic (exact) mass is 390 g/mol. The SMILES string of the molecule is CC1(C)CN(c2ccc([N+](=O)[O-])c(I)c2)CC(C)(C)O1.